The number of carbonyl (C=O) groups excluding carboxylic acids is 2. The van der Waals surface area contributed by atoms with Crippen molar-refractivity contribution in [2.45, 2.75) is 77.6 Å². The molecule has 1 aromatic carbocycles. The molecule has 4 nitrogen and oxygen atoms in total. The second kappa shape index (κ2) is 7.53. The molecule has 1 aliphatic heterocycles. The first-order valence-electron chi connectivity index (χ1n) is 11.1. The number of benzene rings is 1. The Labute approximate surface area is 168 Å². The van der Waals surface area contributed by atoms with Crippen molar-refractivity contribution >= 4 is 11.8 Å². The number of likely N-dealkylation sites (tertiary alicyclic amines) is 1. The van der Waals surface area contributed by atoms with Gasteiger partial charge in [-0.3, -0.25) is 14.5 Å². The Balaban J connectivity index is 1.55. The average molecular weight is 384 g/mol. The van der Waals surface area contributed by atoms with Gasteiger partial charge in [0.05, 0.1) is 5.41 Å². The van der Waals surface area contributed by atoms with E-state index in [1.165, 1.54) is 11.1 Å². The van der Waals surface area contributed by atoms with E-state index in [0.717, 1.165) is 51.4 Å². The van der Waals surface area contributed by atoms with Crippen molar-refractivity contribution in [1.29, 1.82) is 0 Å². The van der Waals surface area contributed by atoms with Crippen molar-refractivity contribution in [2.24, 2.45) is 17.3 Å². The molecule has 4 heteroatoms. The molecule has 28 heavy (non-hydrogen) atoms. The molecule has 4 rings (SSSR count). The van der Waals surface area contributed by atoms with E-state index < -0.39 is 5.41 Å². The van der Waals surface area contributed by atoms with Gasteiger partial charge in [-0.05, 0) is 73.1 Å². The van der Waals surface area contributed by atoms with E-state index in [4.69, 9.17) is 0 Å². The van der Waals surface area contributed by atoms with Gasteiger partial charge in [-0.1, -0.05) is 39.2 Å². The van der Waals surface area contributed by atoms with Crippen LogP contribution in [0.1, 0.15) is 82.3 Å². The summed E-state index contributed by atoms with van der Waals surface area (Å²) in [6, 6.07) is 5.75. The summed E-state index contributed by atoms with van der Waals surface area (Å²) in [5.41, 5.74) is 2.18. The van der Waals surface area contributed by atoms with E-state index in [0.29, 0.717) is 30.6 Å². The minimum Gasteiger partial charge on any atom is -0.508 e. The van der Waals surface area contributed by atoms with E-state index in [1.54, 1.807) is 11.0 Å². The van der Waals surface area contributed by atoms with Crippen molar-refractivity contribution < 1.29 is 14.7 Å². The molecule has 0 spiro atoms. The van der Waals surface area contributed by atoms with E-state index in [1.807, 2.05) is 6.07 Å². The molecule has 2 amide bonds. The first-order chi connectivity index (χ1) is 13.5. The molecule has 4 atom stereocenters. The summed E-state index contributed by atoms with van der Waals surface area (Å²) in [5.74, 6) is 1.42. The average Bonchev–Trinajstić information content (AvgIpc) is 2.68. The molecule has 1 heterocycles. The number of hydrogen-bond acceptors (Lipinski definition) is 3. The minimum absolute atomic E-state index is 0.0427. The fourth-order valence-corrected chi connectivity index (χ4v) is 6.17. The number of imide groups is 1. The van der Waals surface area contributed by atoms with Crippen LogP contribution in [-0.2, 0) is 16.0 Å². The highest BCUT2D eigenvalue weighted by molar-refractivity contribution is 6.01. The van der Waals surface area contributed by atoms with Crippen LogP contribution in [0, 0.1) is 17.3 Å². The van der Waals surface area contributed by atoms with Crippen LogP contribution in [0.2, 0.25) is 0 Å². The highest BCUT2D eigenvalue weighted by Crippen LogP contribution is 2.58. The van der Waals surface area contributed by atoms with E-state index >= 15 is 0 Å². The zero-order valence-electron chi connectivity index (χ0n) is 17.2. The smallest absolute Gasteiger partial charge is 0.235 e. The van der Waals surface area contributed by atoms with Gasteiger partial charge in [0.15, 0.2) is 0 Å². The monoisotopic (exact) mass is 383 g/mol. The summed E-state index contributed by atoms with van der Waals surface area (Å²) in [4.78, 5) is 27.9. The Morgan fingerprint density at radius 3 is 2.79 bits per heavy atom. The summed E-state index contributed by atoms with van der Waals surface area (Å²) < 4.78 is 0. The summed E-state index contributed by atoms with van der Waals surface area (Å²) in [6.07, 6.45) is 8.65. The number of aromatic hydroxyl groups is 1. The number of phenols is 1. The molecule has 0 radical (unpaired) electrons. The van der Waals surface area contributed by atoms with Crippen molar-refractivity contribution in [1.82, 2.24) is 4.90 Å². The Morgan fingerprint density at radius 1 is 1.18 bits per heavy atom. The lowest BCUT2D eigenvalue weighted by molar-refractivity contribution is -0.167. The third-order valence-electron chi connectivity index (χ3n) is 7.76. The summed E-state index contributed by atoms with van der Waals surface area (Å²) >= 11 is 0. The van der Waals surface area contributed by atoms with Gasteiger partial charge in [0.1, 0.15) is 5.75 Å². The Bertz CT molecular complexity index is 773. The lowest BCUT2D eigenvalue weighted by Gasteiger charge is -2.54. The molecule has 1 saturated carbocycles. The molecular formula is C24H33NO3. The molecule has 1 saturated heterocycles. The highest BCUT2D eigenvalue weighted by Gasteiger charge is 2.57. The molecule has 2 aliphatic carbocycles. The zero-order valence-corrected chi connectivity index (χ0v) is 17.2. The van der Waals surface area contributed by atoms with Crippen molar-refractivity contribution in [3.63, 3.8) is 0 Å². The van der Waals surface area contributed by atoms with E-state index in [-0.39, 0.29) is 17.7 Å². The Hall–Kier alpha value is -1.84. The van der Waals surface area contributed by atoms with Crippen LogP contribution in [0.3, 0.4) is 0 Å². The fraction of sp³-hybridized carbons (Fsp3) is 0.667. The molecule has 0 bridgehead atoms. The maximum Gasteiger partial charge on any atom is 0.235 e. The molecule has 1 aromatic rings. The topological polar surface area (TPSA) is 57.6 Å². The minimum atomic E-state index is -0.395. The predicted molar refractivity (Wildman–Crippen MR) is 109 cm³/mol. The van der Waals surface area contributed by atoms with Crippen LogP contribution in [-0.4, -0.2) is 28.4 Å². The number of rotatable bonds is 5. The lowest BCUT2D eigenvalue weighted by Crippen LogP contribution is -2.59. The van der Waals surface area contributed by atoms with Gasteiger partial charge in [0.2, 0.25) is 11.8 Å². The predicted octanol–water partition coefficient (Wildman–Crippen LogP) is 4.79. The number of aryl methyl sites for hydroxylation is 1. The highest BCUT2D eigenvalue weighted by atomic mass is 16.3. The van der Waals surface area contributed by atoms with Crippen LogP contribution in [0.15, 0.2) is 18.2 Å². The van der Waals surface area contributed by atoms with Crippen LogP contribution in [0.5, 0.6) is 5.75 Å². The van der Waals surface area contributed by atoms with Crippen LogP contribution in [0.4, 0.5) is 0 Å². The first-order valence-corrected chi connectivity index (χ1v) is 11.1. The van der Waals surface area contributed by atoms with Crippen molar-refractivity contribution in [2.75, 3.05) is 6.54 Å². The standard InChI is InChI=1S/C24H33NO3/c1-3-4-5-6-13-25-22(27)15-21-20-9-7-16-14-17(26)8-10-18(16)19(20)11-12-24(21,2)23(25)28/h8,10,14,19-21,26H,3-7,9,11-13,15H2,1-2H3/t19?,20?,21?,24-/m0/s1. The number of fused-ring (bicyclic) bond motifs is 5. The van der Waals surface area contributed by atoms with Crippen LogP contribution < -0.4 is 0 Å². The molecular weight excluding hydrogens is 350 g/mol. The molecule has 2 fully saturated rings. The second-order valence-corrected chi connectivity index (χ2v) is 9.37. The van der Waals surface area contributed by atoms with Gasteiger partial charge in [-0.2, -0.15) is 0 Å². The van der Waals surface area contributed by atoms with E-state index in [9.17, 15) is 14.7 Å². The maximum atomic E-state index is 13.4. The quantitative estimate of drug-likeness (QED) is 0.587. The van der Waals surface area contributed by atoms with Crippen LogP contribution >= 0.6 is 0 Å². The summed E-state index contributed by atoms with van der Waals surface area (Å²) in [6.45, 7) is 4.88. The molecule has 3 aliphatic rings. The number of carbonyl (C=O) groups is 2. The lowest BCUT2D eigenvalue weighted by atomic mass is 9.52. The fourth-order valence-electron chi connectivity index (χ4n) is 6.17. The van der Waals surface area contributed by atoms with Crippen molar-refractivity contribution in [3.8, 4) is 5.75 Å². The SMILES string of the molecule is CCCCCCN1C(=O)CC2C3CCc4cc(O)ccc4C3CC[C@]2(C)C1=O. The summed E-state index contributed by atoms with van der Waals surface area (Å²) in [5, 5.41) is 9.82. The summed E-state index contributed by atoms with van der Waals surface area (Å²) in [7, 11) is 0. The molecule has 3 unspecified atom stereocenters. The molecule has 1 N–H and O–H groups in total. The van der Waals surface area contributed by atoms with Crippen LogP contribution in [0.25, 0.3) is 0 Å². The zero-order chi connectivity index (χ0) is 19.9. The van der Waals surface area contributed by atoms with E-state index in [2.05, 4.69) is 19.9 Å². The largest absolute Gasteiger partial charge is 0.508 e. The van der Waals surface area contributed by atoms with Gasteiger partial charge in [-0.25, -0.2) is 0 Å². The number of piperidine rings is 1. The second-order valence-electron chi connectivity index (χ2n) is 9.37. The number of amides is 2. The van der Waals surface area contributed by atoms with Gasteiger partial charge >= 0.3 is 0 Å². The number of unbranched alkanes of at least 4 members (excludes halogenated alkanes) is 3. The van der Waals surface area contributed by atoms with Gasteiger partial charge < -0.3 is 5.11 Å². The van der Waals surface area contributed by atoms with Gasteiger partial charge in [-0.15, -0.1) is 0 Å². The maximum absolute atomic E-state index is 13.4. The third-order valence-corrected chi connectivity index (χ3v) is 7.76. The Kier molecular flexibility index (Phi) is 5.24. The van der Waals surface area contributed by atoms with Gasteiger partial charge in [0.25, 0.3) is 0 Å². The normalized spacial score (nSPS) is 31.9. The third kappa shape index (κ3) is 3.15. The number of nitrogens with zero attached hydrogens (tertiary/aromatic N) is 1. The van der Waals surface area contributed by atoms with Crippen molar-refractivity contribution in [3.05, 3.63) is 29.3 Å². The Morgan fingerprint density at radius 2 is 2.00 bits per heavy atom. The first kappa shape index (κ1) is 19.5. The number of phenolic OH excluding ortho intramolecular Hbond substituents is 1. The number of hydrogen-bond donors (Lipinski definition) is 1. The molecule has 0 aromatic heterocycles. The molecule has 152 valence electrons. The van der Waals surface area contributed by atoms with Gasteiger partial charge in [0, 0.05) is 13.0 Å².